The van der Waals surface area contributed by atoms with Gasteiger partial charge in [0.05, 0.1) is 21.3 Å². The fourth-order valence-electron chi connectivity index (χ4n) is 1.91. The highest BCUT2D eigenvalue weighted by Crippen LogP contribution is 2.38. The second-order valence-electron chi connectivity index (χ2n) is 4.83. The minimum atomic E-state index is -0.159. The summed E-state index contributed by atoms with van der Waals surface area (Å²) in [5.74, 6) is 1.25. The van der Waals surface area contributed by atoms with E-state index >= 15 is 0 Å². The van der Waals surface area contributed by atoms with Crippen LogP contribution < -0.4 is 31.9 Å². The summed E-state index contributed by atoms with van der Waals surface area (Å²) in [7, 11) is 8.58. The molecule has 0 bridgehead atoms. The van der Waals surface area contributed by atoms with E-state index in [-0.39, 0.29) is 18.3 Å². The summed E-state index contributed by atoms with van der Waals surface area (Å²) in [5, 5.41) is 2.88. The van der Waals surface area contributed by atoms with Crippen molar-refractivity contribution in [1.29, 1.82) is 0 Å². The molecule has 0 atom stereocenters. The third-order valence-corrected chi connectivity index (χ3v) is 2.99. The molecule has 0 spiro atoms. The molecule has 1 aromatic rings. The number of ether oxygens (including phenoxy) is 3. The summed E-state index contributed by atoms with van der Waals surface area (Å²) >= 11 is 0. The van der Waals surface area contributed by atoms with Crippen LogP contribution in [0.3, 0.4) is 0 Å². The molecular formula is C15H24ClN2O4-. The minimum Gasteiger partial charge on any atom is -1.00 e. The van der Waals surface area contributed by atoms with Crippen molar-refractivity contribution in [2.75, 3.05) is 48.5 Å². The zero-order chi connectivity index (χ0) is 15.8. The number of amides is 1. The molecule has 0 fully saturated rings. The number of nitrogens with one attached hydrogen (secondary N) is 1. The molecule has 0 saturated carbocycles. The van der Waals surface area contributed by atoms with Crippen molar-refractivity contribution < 1.29 is 31.4 Å². The molecule has 22 heavy (non-hydrogen) atoms. The van der Waals surface area contributed by atoms with Gasteiger partial charge in [-0.05, 0) is 39.2 Å². The quantitative estimate of drug-likeness (QED) is 0.581. The van der Waals surface area contributed by atoms with Crippen LogP contribution >= 0.6 is 0 Å². The molecule has 0 unspecified atom stereocenters. The standard InChI is InChI=1S/C15H24N2O4.ClH/c1-17(2)8-6-7-16-15(18)11-9-12(19-3)14(21-5)13(10-11)20-4;/h9-10H,6-8H2,1-5H3,(H,16,18);1H/p-1. The van der Waals surface area contributed by atoms with Gasteiger partial charge in [0.15, 0.2) is 11.5 Å². The predicted octanol–water partition coefficient (Wildman–Crippen LogP) is -1.60. The van der Waals surface area contributed by atoms with Gasteiger partial charge in [-0.25, -0.2) is 0 Å². The maximum atomic E-state index is 12.1. The van der Waals surface area contributed by atoms with Gasteiger partial charge in [0.1, 0.15) is 0 Å². The van der Waals surface area contributed by atoms with Gasteiger partial charge in [-0.1, -0.05) is 0 Å². The van der Waals surface area contributed by atoms with Crippen LogP contribution in [0.4, 0.5) is 0 Å². The summed E-state index contributed by atoms with van der Waals surface area (Å²) < 4.78 is 15.7. The average molecular weight is 332 g/mol. The summed E-state index contributed by atoms with van der Waals surface area (Å²) in [5.41, 5.74) is 0.481. The zero-order valence-corrected chi connectivity index (χ0v) is 14.5. The first-order chi connectivity index (χ1) is 10.0. The number of halogens is 1. The van der Waals surface area contributed by atoms with Crippen LogP contribution in [0.1, 0.15) is 16.8 Å². The van der Waals surface area contributed by atoms with E-state index < -0.39 is 0 Å². The monoisotopic (exact) mass is 331 g/mol. The molecule has 0 radical (unpaired) electrons. The summed E-state index contributed by atoms with van der Waals surface area (Å²) in [6, 6.07) is 3.28. The Kier molecular flexibility index (Phi) is 9.37. The van der Waals surface area contributed by atoms with Gasteiger partial charge in [0.25, 0.3) is 5.91 Å². The molecule has 0 aromatic heterocycles. The van der Waals surface area contributed by atoms with E-state index in [1.807, 2.05) is 14.1 Å². The normalized spacial score (nSPS) is 9.91. The van der Waals surface area contributed by atoms with Crippen molar-refractivity contribution in [2.24, 2.45) is 0 Å². The SMILES string of the molecule is COc1cc(C(=O)NCCCN(C)C)cc(OC)c1OC.[Cl-]. The Morgan fingerprint density at radius 2 is 1.64 bits per heavy atom. The van der Waals surface area contributed by atoms with Crippen LogP contribution in [0.25, 0.3) is 0 Å². The lowest BCUT2D eigenvalue weighted by Gasteiger charge is -2.14. The molecule has 1 rings (SSSR count). The third kappa shape index (κ3) is 5.61. The molecule has 0 heterocycles. The number of nitrogens with zero attached hydrogens (tertiary/aromatic N) is 1. The van der Waals surface area contributed by atoms with E-state index in [1.54, 1.807) is 12.1 Å². The Balaban J connectivity index is 0.00000441. The van der Waals surface area contributed by atoms with Crippen molar-refractivity contribution in [1.82, 2.24) is 10.2 Å². The summed E-state index contributed by atoms with van der Waals surface area (Å²) in [4.78, 5) is 14.2. The van der Waals surface area contributed by atoms with E-state index in [9.17, 15) is 4.79 Å². The minimum absolute atomic E-state index is 0. The largest absolute Gasteiger partial charge is 1.00 e. The number of rotatable bonds is 8. The third-order valence-electron chi connectivity index (χ3n) is 2.99. The van der Waals surface area contributed by atoms with Crippen molar-refractivity contribution in [2.45, 2.75) is 6.42 Å². The molecule has 1 amide bonds. The van der Waals surface area contributed by atoms with Crippen LogP contribution in [0, 0.1) is 0 Å². The van der Waals surface area contributed by atoms with Crippen LogP contribution in [-0.4, -0.2) is 59.3 Å². The predicted molar refractivity (Wildman–Crippen MR) is 81.6 cm³/mol. The zero-order valence-electron chi connectivity index (χ0n) is 13.7. The van der Waals surface area contributed by atoms with Crippen LogP contribution in [0.5, 0.6) is 17.2 Å². The fraction of sp³-hybridized carbons (Fsp3) is 0.533. The van der Waals surface area contributed by atoms with E-state index in [0.717, 1.165) is 13.0 Å². The maximum Gasteiger partial charge on any atom is 0.251 e. The van der Waals surface area contributed by atoms with Crippen LogP contribution in [0.15, 0.2) is 12.1 Å². The van der Waals surface area contributed by atoms with Crippen LogP contribution in [-0.2, 0) is 0 Å². The Bertz CT molecular complexity index is 456. The number of hydrogen-bond acceptors (Lipinski definition) is 5. The summed E-state index contributed by atoms with van der Waals surface area (Å²) in [6.07, 6.45) is 0.892. The van der Waals surface area contributed by atoms with Crippen LogP contribution in [0.2, 0.25) is 0 Å². The molecule has 126 valence electrons. The van der Waals surface area contributed by atoms with E-state index in [1.165, 1.54) is 21.3 Å². The number of carbonyl (C=O) groups excluding carboxylic acids is 1. The Hall–Kier alpha value is -1.66. The second-order valence-corrected chi connectivity index (χ2v) is 4.83. The van der Waals surface area contributed by atoms with Crippen molar-refractivity contribution in [3.05, 3.63) is 17.7 Å². The first-order valence-electron chi connectivity index (χ1n) is 6.76. The molecule has 1 aromatic carbocycles. The van der Waals surface area contributed by atoms with Gasteiger partial charge >= 0.3 is 0 Å². The van der Waals surface area contributed by atoms with E-state index in [4.69, 9.17) is 14.2 Å². The lowest BCUT2D eigenvalue weighted by atomic mass is 10.1. The van der Waals surface area contributed by atoms with Gasteiger partial charge in [0, 0.05) is 12.1 Å². The fourth-order valence-corrected chi connectivity index (χ4v) is 1.91. The Morgan fingerprint density at radius 1 is 1.09 bits per heavy atom. The van der Waals surface area contributed by atoms with Gasteiger partial charge < -0.3 is 36.8 Å². The number of carbonyl (C=O) groups is 1. The number of hydrogen-bond donors (Lipinski definition) is 1. The van der Waals surface area contributed by atoms with Crippen molar-refractivity contribution >= 4 is 5.91 Å². The lowest BCUT2D eigenvalue weighted by molar-refractivity contribution is -0.0000135. The topological polar surface area (TPSA) is 60.0 Å². The summed E-state index contributed by atoms with van der Waals surface area (Å²) in [6.45, 7) is 1.54. The smallest absolute Gasteiger partial charge is 0.251 e. The van der Waals surface area contributed by atoms with Gasteiger partial charge in [-0.15, -0.1) is 0 Å². The highest BCUT2D eigenvalue weighted by Gasteiger charge is 2.16. The first-order valence-corrected chi connectivity index (χ1v) is 6.76. The van der Waals surface area contributed by atoms with E-state index in [0.29, 0.717) is 29.4 Å². The van der Waals surface area contributed by atoms with Gasteiger partial charge in [-0.2, -0.15) is 0 Å². The molecule has 7 heteroatoms. The molecule has 1 N–H and O–H groups in total. The Morgan fingerprint density at radius 3 is 2.05 bits per heavy atom. The number of benzene rings is 1. The second kappa shape index (κ2) is 10.1. The van der Waals surface area contributed by atoms with E-state index in [2.05, 4.69) is 10.2 Å². The Labute approximate surface area is 138 Å². The number of methoxy groups -OCH3 is 3. The maximum absolute atomic E-state index is 12.1. The van der Waals surface area contributed by atoms with Crippen molar-refractivity contribution in [3.63, 3.8) is 0 Å². The average Bonchev–Trinajstić information content (AvgIpc) is 2.49. The highest BCUT2D eigenvalue weighted by molar-refractivity contribution is 5.95. The van der Waals surface area contributed by atoms with Gasteiger partial charge in [0.2, 0.25) is 5.75 Å². The molecule has 6 nitrogen and oxygen atoms in total. The molecule has 0 aliphatic carbocycles. The van der Waals surface area contributed by atoms with Gasteiger partial charge in [-0.3, -0.25) is 4.79 Å². The molecule has 0 aliphatic rings. The molecular weight excluding hydrogens is 308 g/mol. The first kappa shape index (κ1) is 20.3. The molecule has 0 aliphatic heterocycles. The highest BCUT2D eigenvalue weighted by atomic mass is 35.5. The van der Waals surface area contributed by atoms with Crippen molar-refractivity contribution in [3.8, 4) is 17.2 Å². The molecule has 0 saturated heterocycles. The lowest BCUT2D eigenvalue weighted by Crippen LogP contribution is -3.00.